The van der Waals surface area contributed by atoms with Crippen molar-refractivity contribution in [3.05, 3.63) is 137 Å². The molecule has 0 saturated heterocycles. The molecule has 85 heavy (non-hydrogen) atoms. The van der Waals surface area contributed by atoms with Crippen LogP contribution in [-0.4, -0.2) is 120 Å². The molecule has 8 aromatic rings. The number of thiophene rings is 2. The molecule has 0 spiro atoms. The van der Waals surface area contributed by atoms with E-state index in [1.165, 1.54) is 115 Å². The zero-order chi connectivity index (χ0) is 63.2. The Morgan fingerprint density at radius 3 is 1.31 bits per heavy atom. The number of Topliss-reactive ketones (excluding diaryl/α,β-unsaturated/α-hetero) is 1. The average Bonchev–Trinajstić information content (AvgIpc) is 1.91. The maximum absolute atomic E-state index is 14.5. The molecule has 0 saturated carbocycles. The van der Waals surface area contributed by atoms with Gasteiger partial charge < -0.3 is 40.0 Å². The van der Waals surface area contributed by atoms with Gasteiger partial charge in [-0.1, -0.05) is 50.4 Å². The van der Waals surface area contributed by atoms with Crippen molar-refractivity contribution in [2.24, 2.45) is 11.7 Å². The first-order valence-electron chi connectivity index (χ1n) is 27.0. The minimum atomic E-state index is -1.48. The van der Waals surface area contributed by atoms with Gasteiger partial charge >= 0.3 is 17.3 Å². The quantitative estimate of drug-likeness (QED) is 0.0545. The number of ether oxygens (including phenoxy) is 4. The highest BCUT2D eigenvalue weighted by atomic mass is 32.1. The molecule has 28 heteroatoms. The summed E-state index contributed by atoms with van der Waals surface area (Å²) in [6.45, 7) is 19.2. The summed E-state index contributed by atoms with van der Waals surface area (Å²) in [5.74, 6) is -2.12. The lowest BCUT2D eigenvalue weighted by Crippen LogP contribution is -2.44. The summed E-state index contributed by atoms with van der Waals surface area (Å²) in [5.41, 5.74) is 1.18. The molecule has 24 nitrogen and oxygen atoms in total. The van der Waals surface area contributed by atoms with Crippen molar-refractivity contribution in [3.8, 4) is 21.5 Å². The maximum atomic E-state index is 14.5. The largest absolute Gasteiger partial charge is 0.496 e. The fourth-order valence-corrected chi connectivity index (χ4v) is 11.3. The summed E-state index contributed by atoms with van der Waals surface area (Å²) >= 11 is 2.21. The van der Waals surface area contributed by atoms with Gasteiger partial charge in [0.1, 0.15) is 61.0 Å². The fraction of sp³-hybridized carbons (Fsp3) is 0.474. The van der Waals surface area contributed by atoms with Gasteiger partial charge in [0.05, 0.1) is 93.3 Å². The normalized spacial score (nSPS) is 13.3. The zero-order valence-electron chi connectivity index (χ0n) is 49.8. The van der Waals surface area contributed by atoms with Crippen LogP contribution in [0.25, 0.3) is 30.4 Å². The monoisotopic (exact) mass is 1220 g/mol. The van der Waals surface area contributed by atoms with E-state index in [1.54, 1.807) is 34.6 Å². The van der Waals surface area contributed by atoms with Gasteiger partial charge in [0.25, 0.3) is 11.1 Å². The van der Waals surface area contributed by atoms with Gasteiger partial charge in [-0.2, -0.15) is 20.4 Å². The van der Waals surface area contributed by atoms with Crippen molar-refractivity contribution in [2.75, 3.05) is 27.4 Å². The number of carboxylic acids is 1. The van der Waals surface area contributed by atoms with Crippen molar-refractivity contribution >= 4 is 54.9 Å². The van der Waals surface area contributed by atoms with Gasteiger partial charge in [-0.3, -0.25) is 23.5 Å². The Hall–Kier alpha value is -7.60. The molecule has 6 aromatic heterocycles. The van der Waals surface area contributed by atoms with Gasteiger partial charge in [0.15, 0.2) is 5.78 Å². The van der Waals surface area contributed by atoms with Crippen LogP contribution in [-0.2, 0) is 32.2 Å². The number of carbonyl (C=O) groups excluding carboxylic acids is 1. The molecule has 6 heterocycles. The van der Waals surface area contributed by atoms with E-state index >= 15 is 0 Å². The number of halogens is 2. The third-order valence-corrected chi connectivity index (χ3v) is 15.5. The predicted octanol–water partition coefficient (Wildman–Crippen LogP) is 6.76. The fourth-order valence-electron chi connectivity index (χ4n) is 8.90. The second-order valence-corrected chi connectivity index (χ2v) is 24.1. The number of carbonyl (C=O) groups is 2. The molecule has 2 aromatic carbocycles. The number of methoxy groups -OCH3 is 2. The molecule has 5 N–H and O–H groups in total. The number of carboxylic acid groups (broad SMARTS) is 1. The number of benzene rings is 2. The first-order chi connectivity index (χ1) is 39.8. The highest BCUT2D eigenvalue weighted by molar-refractivity contribution is 7.21. The van der Waals surface area contributed by atoms with Crippen LogP contribution in [0.15, 0.2) is 80.4 Å². The Bertz CT molecular complexity index is 3890. The van der Waals surface area contributed by atoms with E-state index in [1.807, 2.05) is 27.7 Å². The molecule has 0 fully saturated rings. The van der Waals surface area contributed by atoms with Crippen LogP contribution >= 0.6 is 22.7 Å². The van der Waals surface area contributed by atoms with Crippen LogP contribution in [0.4, 0.5) is 8.78 Å². The average molecular weight is 1220 g/mol. The summed E-state index contributed by atoms with van der Waals surface area (Å²) in [5, 5.41) is 48.4. The number of fused-ring (bicyclic) bond motifs is 2. The van der Waals surface area contributed by atoms with E-state index in [9.17, 15) is 52.9 Å². The van der Waals surface area contributed by atoms with E-state index in [0.717, 1.165) is 27.2 Å². The molecule has 0 amide bonds. The minimum absolute atomic E-state index is 0.0297. The second-order valence-electron chi connectivity index (χ2n) is 22.2. The molecular weight excluding hydrogens is 1150 g/mol. The summed E-state index contributed by atoms with van der Waals surface area (Å²) in [7, 11) is 2.83. The first-order valence-corrected chi connectivity index (χ1v) is 28.6. The lowest BCUT2D eigenvalue weighted by molar-refractivity contribution is -0.140. The molecule has 0 radical (unpaired) electrons. The van der Waals surface area contributed by atoms with Crippen LogP contribution in [0, 0.1) is 31.4 Å². The van der Waals surface area contributed by atoms with Gasteiger partial charge in [0.2, 0.25) is 0 Å². The van der Waals surface area contributed by atoms with E-state index in [2.05, 4.69) is 20.4 Å². The summed E-state index contributed by atoms with van der Waals surface area (Å²) in [6.07, 6.45) is 4.08. The second kappa shape index (κ2) is 27.6. The van der Waals surface area contributed by atoms with Gasteiger partial charge in [-0.25, -0.2) is 32.3 Å². The molecule has 0 unspecified atom stereocenters. The van der Waals surface area contributed by atoms with Gasteiger partial charge in [-0.05, 0) is 104 Å². The van der Waals surface area contributed by atoms with Crippen LogP contribution in [0.1, 0.15) is 122 Å². The van der Waals surface area contributed by atoms with Crippen molar-refractivity contribution in [1.82, 2.24) is 48.3 Å². The van der Waals surface area contributed by atoms with E-state index in [0.29, 0.717) is 47.9 Å². The number of nitrogens with zero attached hydrogens (tertiary/aromatic N) is 10. The van der Waals surface area contributed by atoms with Crippen LogP contribution in [0.3, 0.4) is 0 Å². The molecule has 4 atom stereocenters. The van der Waals surface area contributed by atoms with Crippen molar-refractivity contribution in [3.63, 3.8) is 0 Å². The predicted molar refractivity (Wildman–Crippen MR) is 317 cm³/mol. The molecule has 0 bridgehead atoms. The number of nitrogens with two attached hydrogens (primary N) is 1. The Morgan fingerprint density at radius 1 is 0.635 bits per heavy atom. The Kier molecular flexibility index (Phi) is 21.6. The Balaban J connectivity index is 0.000000257. The number of aliphatic carboxylic acids is 1. The summed E-state index contributed by atoms with van der Waals surface area (Å²) in [4.78, 5) is 83.6. The number of aliphatic hydroxyl groups is 2. The molecule has 0 aliphatic carbocycles. The lowest BCUT2D eigenvalue weighted by Gasteiger charge is -2.26. The minimum Gasteiger partial charge on any atom is -0.496 e. The first kappa shape index (κ1) is 66.5. The molecule has 0 aliphatic heterocycles. The Morgan fingerprint density at radius 2 is 0.988 bits per heavy atom. The highest BCUT2D eigenvalue weighted by Gasteiger charge is 2.32. The number of aromatic nitrogens is 10. The summed E-state index contributed by atoms with van der Waals surface area (Å²) < 4.78 is 56.1. The standard InChI is InChI=1S/C29H36FN5O6S.C25H28FN5O7S.C3H9N/c1-16(2)12-21(36)18(4)34-25(37)24-17(3)26(35-31-10-11-32-35)42-27(24)33(28(34)38)14-23(41-15-29(5,6)39)20-13-19(30)8-9-22(20)40-7;1-13-19-20(32)30(14(2)23(33)34)24(35)29(22(19)39-21(13)31-27-8-9-28-31)11-18(38-12-25(3,4)36)16-10-15(26)6-7-17(16)37-5;1-3(2)4/h8-11,13,16,18,23,39H,12,14-15H2,1-7H3;6-10,14,18,36H,11-12H2,1-5H3,(H,33,34);3H,4H2,1-2H3/t18-,23-;14-,18-;/m00./s1. The van der Waals surface area contributed by atoms with Crippen molar-refractivity contribution in [1.29, 1.82) is 0 Å². The maximum Gasteiger partial charge on any atom is 0.333 e. The number of ketones is 1. The molecule has 460 valence electrons. The SMILES string of the molecule is CC(C)N.COc1ccc(F)cc1[C@H](Cn1c(=O)n([C@@H](C)C(=O)CC(C)C)c(=O)c2c(C)c(-n3nccn3)sc21)OCC(C)(C)O.COc1ccc(F)cc1[C@H](Cn1c(=O)n([C@@H](C)C(=O)O)c(=O)c2c(C)c(-n3nccn3)sc21)OCC(C)(C)O. The third kappa shape index (κ3) is 15.6. The van der Waals surface area contributed by atoms with Crippen molar-refractivity contribution in [2.45, 2.75) is 144 Å². The van der Waals surface area contributed by atoms with Gasteiger partial charge in [0, 0.05) is 28.7 Å². The van der Waals surface area contributed by atoms with Crippen LogP contribution in [0.5, 0.6) is 11.5 Å². The lowest BCUT2D eigenvalue weighted by atomic mass is 10.0. The molecule has 0 aliphatic rings. The zero-order valence-corrected chi connectivity index (χ0v) is 51.5. The Labute approximate surface area is 495 Å². The van der Waals surface area contributed by atoms with Crippen molar-refractivity contribution < 1.29 is 52.6 Å². The topological polar surface area (TPSA) is 307 Å². The number of hydrogen-bond acceptors (Lipinski definition) is 19. The van der Waals surface area contributed by atoms with Crippen LogP contribution < -0.4 is 37.7 Å². The third-order valence-electron chi connectivity index (χ3n) is 12.9. The summed E-state index contributed by atoms with van der Waals surface area (Å²) in [6, 6.07) is 5.58. The molecule has 8 rings (SSSR count). The van der Waals surface area contributed by atoms with Crippen LogP contribution in [0.2, 0.25) is 0 Å². The number of hydrogen-bond donors (Lipinski definition) is 4. The van der Waals surface area contributed by atoms with Gasteiger partial charge in [-0.15, -0.1) is 9.59 Å². The van der Waals surface area contributed by atoms with E-state index < -0.39 is 75.6 Å². The van der Waals surface area contributed by atoms with E-state index in [-0.39, 0.29) is 71.3 Å². The van der Waals surface area contributed by atoms with E-state index in [4.69, 9.17) is 24.7 Å². The smallest absolute Gasteiger partial charge is 0.333 e. The number of aryl methyl sites for hydroxylation is 2. The molecular formula is C57H73F2N11O13S2. The highest BCUT2D eigenvalue weighted by Crippen LogP contribution is 2.37. The number of rotatable bonds is 22.